The van der Waals surface area contributed by atoms with Gasteiger partial charge in [-0.05, 0) is 44.0 Å². The lowest BCUT2D eigenvalue weighted by Gasteiger charge is -2.25. The van der Waals surface area contributed by atoms with Gasteiger partial charge in [-0.2, -0.15) is 5.10 Å². The quantitative estimate of drug-likeness (QED) is 0.803. The average molecular weight is 375 g/mol. The molecule has 1 atom stereocenters. The molecule has 0 bridgehead atoms. The molecule has 27 heavy (non-hydrogen) atoms. The van der Waals surface area contributed by atoms with Gasteiger partial charge < -0.3 is 14.7 Å². The summed E-state index contributed by atoms with van der Waals surface area (Å²) in [6.45, 7) is 2.88. The minimum absolute atomic E-state index is 0.0739. The van der Waals surface area contributed by atoms with Gasteiger partial charge in [-0.15, -0.1) is 0 Å². The second-order valence-corrected chi connectivity index (χ2v) is 6.56. The molecule has 1 aromatic heterocycles. The van der Waals surface area contributed by atoms with Gasteiger partial charge in [0.2, 0.25) is 0 Å². The molecule has 1 aromatic carbocycles. The number of hydrogen-bond acceptors (Lipinski definition) is 4. The SMILES string of the molecule is Cc1c(C(=O)N(CCC(=O)O)C[C@@H]2CCCO2)cnn1-c1ccc(F)cc1. The van der Waals surface area contributed by atoms with Crippen molar-refractivity contribution >= 4 is 11.9 Å². The van der Waals surface area contributed by atoms with Crippen LogP contribution in [0.3, 0.4) is 0 Å². The predicted octanol–water partition coefficient (Wildman–Crippen LogP) is 2.42. The van der Waals surface area contributed by atoms with E-state index < -0.39 is 5.97 Å². The average Bonchev–Trinajstić information content (AvgIpc) is 3.28. The first-order valence-corrected chi connectivity index (χ1v) is 8.89. The van der Waals surface area contributed by atoms with Crippen LogP contribution in [0.4, 0.5) is 4.39 Å². The van der Waals surface area contributed by atoms with E-state index >= 15 is 0 Å². The van der Waals surface area contributed by atoms with Gasteiger partial charge in [0.25, 0.3) is 5.91 Å². The van der Waals surface area contributed by atoms with Crippen LogP contribution in [-0.4, -0.2) is 57.5 Å². The molecule has 3 rings (SSSR count). The van der Waals surface area contributed by atoms with Gasteiger partial charge in [0.05, 0.1) is 35.7 Å². The van der Waals surface area contributed by atoms with Crippen LogP contribution in [0.1, 0.15) is 35.3 Å². The molecule has 7 nitrogen and oxygen atoms in total. The molecule has 0 aliphatic carbocycles. The number of carboxylic acid groups (broad SMARTS) is 1. The molecule has 2 heterocycles. The van der Waals surface area contributed by atoms with Gasteiger partial charge in [0.15, 0.2) is 0 Å². The lowest BCUT2D eigenvalue weighted by atomic mass is 10.1. The Morgan fingerprint density at radius 3 is 2.74 bits per heavy atom. The molecule has 0 saturated carbocycles. The Kier molecular flexibility index (Phi) is 5.85. The van der Waals surface area contributed by atoms with E-state index in [9.17, 15) is 14.0 Å². The first-order chi connectivity index (χ1) is 13.0. The first kappa shape index (κ1) is 19.0. The predicted molar refractivity (Wildman–Crippen MR) is 95.4 cm³/mol. The fourth-order valence-corrected chi connectivity index (χ4v) is 3.17. The van der Waals surface area contributed by atoms with Gasteiger partial charge in [-0.3, -0.25) is 9.59 Å². The number of aromatic nitrogens is 2. The normalized spacial score (nSPS) is 16.4. The molecule has 1 saturated heterocycles. The highest BCUT2D eigenvalue weighted by Gasteiger charge is 2.26. The fourth-order valence-electron chi connectivity index (χ4n) is 3.17. The van der Waals surface area contributed by atoms with Crippen LogP contribution in [0, 0.1) is 12.7 Å². The number of rotatable bonds is 7. The number of benzene rings is 1. The minimum Gasteiger partial charge on any atom is -0.481 e. The molecule has 1 fully saturated rings. The highest BCUT2D eigenvalue weighted by molar-refractivity contribution is 5.95. The Labute approximate surface area is 156 Å². The zero-order valence-electron chi connectivity index (χ0n) is 15.1. The van der Waals surface area contributed by atoms with E-state index in [1.54, 1.807) is 23.7 Å². The second-order valence-electron chi connectivity index (χ2n) is 6.56. The number of halogens is 1. The highest BCUT2D eigenvalue weighted by Crippen LogP contribution is 2.19. The zero-order chi connectivity index (χ0) is 19.4. The van der Waals surface area contributed by atoms with Crippen LogP contribution in [-0.2, 0) is 9.53 Å². The molecular formula is C19H22FN3O4. The summed E-state index contributed by atoms with van der Waals surface area (Å²) in [6.07, 6.45) is 3.04. The number of hydrogen-bond donors (Lipinski definition) is 1. The van der Waals surface area contributed by atoms with Crippen molar-refractivity contribution in [1.82, 2.24) is 14.7 Å². The molecule has 0 spiro atoms. The molecule has 8 heteroatoms. The summed E-state index contributed by atoms with van der Waals surface area (Å²) in [5.74, 6) is -1.59. The van der Waals surface area contributed by atoms with Crippen molar-refractivity contribution in [2.24, 2.45) is 0 Å². The number of amides is 1. The van der Waals surface area contributed by atoms with Crippen LogP contribution in [0.15, 0.2) is 30.5 Å². The third-order valence-corrected chi connectivity index (χ3v) is 4.64. The van der Waals surface area contributed by atoms with E-state index in [2.05, 4.69) is 5.10 Å². The van der Waals surface area contributed by atoms with Crippen LogP contribution >= 0.6 is 0 Å². The van der Waals surface area contributed by atoms with Crippen molar-refractivity contribution < 1.29 is 23.8 Å². The lowest BCUT2D eigenvalue weighted by Crippen LogP contribution is -2.39. The van der Waals surface area contributed by atoms with Crippen LogP contribution in [0.2, 0.25) is 0 Å². The third kappa shape index (κ3) is 4.51. The van der Waals surface area contributed by atoms with E-state index in [1.807, 2.05) is 0 Å². The Bertz CT molecular complexity index is 813. The summed E-state index contributed by atoms with van der Waals surface area (Å²) >= 11 is 0. The van der Waals surface area contributed by atoms with Crippen molar-refractivity contribution in [1.29, 1.82) is 0 Å². The minimum atomic E-state index is -0.959. The Balaban J connectivity index is 1.81. The van der Waals surface area contributed by atoms with Crippen molar-refractivity contribution in [3.05, 3.63) is 47.5 Å². The summed E-state index contributed by atoms with van der Waals surface area (Å²) in [5.41, 5.74) is 1.64. The Morgan fingerprint density at radius 2 is 2.11 bits per heavy atom. The summed E-state index contributed by atoms with van der Waals surface area (Å²) < 4.78 is 20.3. The number of carbonyl (C=O) groups excluding carboxylic acids is 1. The first-order valence-electron chi connectivity index (χ1n) is 8.89. The van der Waals surface area contributed by atoms with Crippen LogP contribution < -0.4 is 0 Å². The maximum atomic E-state index is 13.1. The fraction of sp³-hybridized carbons (Fsp3) is 0.421. The Morgan fingerprint density at radius 1 is 1.37 bits per heavy atom. The summed E-state index contributed by atoms with van der Waals surface area (Å²) in [6, 6.07) is 5.82. The highest BCUT2D eigenvalue weighted by atomic mass is 19.1. The summed E-state index contributed by atoms with van der Waals surface area (Å²) in [7, 11) is 0. The number of aliphatic carboxylic acids is 1. The van der Waals surface area contributed by atoms with Gasteiger partial charge in [-0.25, -0.2) is 9.07 Å². The molecule has 1 amide bonds. The van der Waals surface area contributed by atoms with Crippen LogP contribution in [0.25, 0.3) is 5.69 Å². The number of carboxylic acids is 1. The van der Waals surface area contributed by atoms with Gasteiger partial charge >= 0.3 is 5.97 Å². The maximum Gasteiger partial charge on any atom is 0.305 e. The lowest BCUT2D eigenvalue weighted by molar-refractivity contribution is -0.137. The van der Waals surface area contributed by atoms with Crippen molar-refractivity contribution in [2.45, 2.75) is 32.3 Å². The topological polar surface area (TPSA) is 84.7 Å². The van der Waals surface area contributed by atoms with E-state index in [0.29, 0.717) is 30.1 Å². The van der Waals surface area contributed by atoms with Crippen molar-refractivity contribution in [2.75, 3.05) is 19.7 Å². The van der Waals surface area contributed by atoms with Gasteiger partial charge in [-0.1, -0.05) is 0 Å². The molecule has 1 aliphatic rings. The number of ether oxygens (including phenoxy) is 1. The van der Waals surface area contributed by atoms with E-state index in [4.69, 9.17) is 9.84 Å². The van der Waals surface area contributed by atoms with Crippen molar-refractivity contribution in [3.8, 4) is 5.69 Å². The largest absolute Gasteiger partial charge is 0.481 e. The van der Waals surface area contributed by atoms with Gasteiger partial charge in [0.1, 0.15) is 5.82 Å². The maximum absolute atomic E-state index is 13.1. The molecule has 0 unspecified atom stereocenters. The standard InChI is InChI=1S/C19H22FN3O4/c1-13-17(11-21-23(13)15-6-4-14(20)5-7-15)19(26)22(9-8-18(24)25)12-16-3-2-10-27-16/h4-7,11,16H,2-3,8-10,12H2,1H3,(H,24,25)/t16-/m0/s1. The smallest absolute Gasteiger partial charge is 0.305 e. The molecule has 144 valence electrons. The molecule has 2 aromatic rings. The second kappa shape index (κ2) is 8.30. The Hall–Kier alpha value is -2.74. The van der Waals surface area contributed by atoms with E-state index in [1.165, 1.54) is 23.2 Å². The van der Waals surface area contributed by atoms with Crippen molar-refractivity contribution in [3.63, 3.8) is 0 Å². The van der Waals surface area contributed by atoms with Crippen LogP contribution in [0.5, 0.6) is 0 Å². The molecule has 0 radical (unpaired) electrons. The van der Waals surface area contributed by atoms with E-state index in [-0.39, 0.29) is 30.8 Å². The molecule has 1 N–H and O–H groups in total. The van der Waals surface area contributed by atoms with Gasteiger partial charge in [0, 0.05) is 19.7 Å². The molecular weight excluding hydrogens is 353 g/mol. The van der Waals surface area contributed by atoms with E-state index in [0.717, 1.165) is 12.8 Å². The number of carbonyl (C=O) groups is 2. The zero-order valence-corrected chi connectivity index (χ0v) is 15.1. The summed E-state index contributed by atoms with van der Waals surface area (Å²) in [5, 5.41) is 13.2. The monoisotopic (exact) mass is 375 g/mol. The number of nitrogens with zero attached hydrogens (tertiary/aromatic N) is 3. The molecule has 1 aliphatic heterocycles. The third-order valence-electron chi connectivity index (χ3n) is 4.64. The summed E-state index contributed by atoms with van der Waals surface area (Å²) in [4.78, 5) is 25.5.